The smallest absolute Gasteiger partial charge is 0.317 e. The second-order valence-corrected chi connectivity index (χ2v) is 10.4. The summed E-state index contributed by atoms with van der Waals surface area (Å²) in [7, 11) is 0. The van der Waals surface area contributed by atoms with Gasteiger partial charge >= 0.3 is 11.9 Å². The van der Waals surface area contributed by atoms with Gasteiger partial charge in [-0.25, -0.2) is 0 Å². The summed E-state index contributed by atoms with van der Waals surface area (Å²) in [5.41, 5.74) is -3.73. The molecular weight excluding hydrogens is 418 g/mol. The van der Waals surface area contributed by atoms with Gasteiger partial charge in [0.25, 0.3) is 5.69 Å². The molecule has 9 heteroatoms. The molecule has 1 N–H and O–H groups in total. The SMILES string of the molecule is CC(C)(C)OC(=O)[C@H]1C(=O)C[C@@](C)(O)[C@H](C(=O)OC(C)(C)C)[C@H]1c1cccc([N+](=O)[O-])c1. The van der Waals surface area contributed by atoms with Crippen molar-refractivity contribution in [3.05, 3.63) is 39.9 Å². The molecule has 0 unspecified atom stereocenters. The van der Waals surface area contributed by atoms with Crippen molar-refractivity contribution in [2.45, 2.75) is 77.6 Å². The summed E-state index contributed by atoms with van der Waals surface area (Å²) in [6.45, 7) is 11.2. The van der Waals surface area contributed by atoms with Crippen molar-refractivity contribution in [1.82, 2.24) is 0 Å². The van der Waals surface area contributed by atoms with Gasteiger partial charge in [0.05, 0.1) is 16.4 Å². The highest BCUT2D eigenvalue weighted by molar-refractivity contribution is 6.03. The first-order chi connectivity index (χ1) is 14.4. The molecule has 0 aliphatic heterocycles. The summed E-state index contributed by atoms with van der Waals surface area (Å²) in [5.74, 6) is -6.26. The van der Waals surface area contributed by atoms with Crippen LogP contribution in [0.5, 0.6) is 0 Å². The minimum atomic E-state index is -1.84. The van der Waals surface area contributed by atoms with Crippen LogP contribution in [0.15, 0.2) is 24.3 Å². The Hall–Kier alpha value is -2.81. The van der Waals surface area contributed by atoms with Crippen molar-refractivity contribution in [2.24, 2.45) is 11.8 Å². The zero-order valence-corrected chi connectivity index (χ0v) is 19.5. The number of nitro groups is 1. The molecule has 1 aromatic rings. The lowest BCUT2D eigenvalue weighted by molar-refractivity contribution is -0.385. The van der Waals surface area contributed by atoms with Gasteiger partial charge in [-0.3, -0.25) is 24.5 Å². The molecule has 0 spiro atoms. The molecule has 0 aromatic heterocycles. The van der Waals surface area contributed by atoms with Crippen LogP contribution in [-0.4, -0.2) is 44.6 Å². The predicted octanol–water partition coefficient (Wildman–Crippen LogP) is 3.32. The third kappa shape index (κ3) is 5.91. The molecule has 2 rings (SSSR count). The van der Waals surface area contributed by atoms with Gasteiger partial charge in [0.2, 0.25) is 0 Å². The average molecular weight is 450 g/mol. The van der Waals surface area contributed by atoms with Crippen LogP contribution in [0.25, 0.3) is 0 Å². The van der Waals surface area contributed by atoms with E-state index in [1.807, 2.05) is 0 Å². The number of carbonyl (C=O) groups is 3. The van der Waals surface area contributed by atoms with E-state index in [9.17, 15) is 29.6 Å². The van der Waals surface area contributed by atoms with Crippen LogP contribution in [0, 0.1) is 22.0 Å². The van der Waals surface area contributed by atoms with E-state index in [2.05, 4.69) is 0 Å². The van der Waals surface area contributed by atoms with Crippen LogP contribution in [0.2, 0.25) is 0 Å². The third-order valence-corrected chi connectivity index (χ3v) is 5.05. The van der Waals surface area contributed by atoms with Gasteiger partial charge in [-0.05, 0) is 54.0 Å². The minimum absolute atomic E-state index is 0.194. The number of Topliss-reactive ketones (excluding diaryl/α,β-unsaturated/α-hetero) is 1. The van der Waals surface area contributed by atoms with Gasteiger partial charge in [0.15, 0.2) is 5.78 Å². The molecule has 0 amide bonds. The second-order valence-electron chi connectivity index (χ2n) is 10.4. The van der Waals surface area contributed by atoms with Gasteiger partial charge < -0.3 is 14.6 Å². The Kier molecular flexibility index (Phi) is 6.85. The van der Waals surface area contributed by atoms with E-state index < -0.39 is 63.6 Å². The standard InChI is InChI=1S/C23H31NO8/c1-21(2,3)31-19(26)17-15(25)12-23(7,28)18(20(27)32-22(4,5)6)16(17)13-9-8-10-14(11-13)24(29)30/h8-11,16-18,28H,12H2,1-7H3/t16-,17-,18-,23+/m0/s1. The molecule has 1 aliphatic carbocycles. The fourth-order valence-corrected chi connectivity index (χ4v) is 3.99. The number of rotatable bonds is 4. The molecule has 4 atom stereocenters. The normalized spacial score (nSPS) is 26.4. The van der Waals surface area contributed by atoms with E-state index in [1.165, 1.54) is 31.2 Å². The number of carbonyl (C=O) groups excluding carboxylic acids is 3. The van der Waals surface area contributed by atoms with Gasteiger partial charge in [0.1, 0.15) is 17.1 Å². The number of ether oxygens (including phenoxy) is 2. The van der Waals surface area contributed by atoms with E-state index >= 15 is 0 Å². The summed E-state index contributed by atoms with van der Waals surface area (Å²) in [6, 6.07) is 5.35. The fraction of sp³-hybridized carbons (Fsp3) is 0.609. The van der Waals surface area contributed by atoms with Crippen molar-refractivity contribution < 1.29 is 33.9 Å². The van der Waals surface area contributed by atoms with Crippen molar-refractivity contribution in [2.75, 3.05) is 0 Å². The quantitative estimate of drug-likeness (QED) is 0.320. The highest BCUT2D eigenvalue weighted by Gasteiger charge is 2.58. The van der Waals surface area contributed by atoms with E-state index in [0.717, 1.165) is 0 Å². The van der Waals surface area contributed by atoms with Crippen LogP contribution in [-0.2, 0) is 23.9 Å². The van der Waals surface area contributed by atoms with Crippen LogP contribution >= 0.6 is 0 Å². The molecule has 1 saturated carbocycles. The van der Waals surface area contributed by atoms with Crippen LogP contribution in [0.3, 0.4) is 0 Å². The van der Waals surface area contributed by atoms with E-state index in [-0.39, 0.29) is 11.3 Å². The monoisotopic (exact) mass is 449 g/mol. The number of esters is 2. The van der Waals surface area contributed by atoms with Gasteiger partial charge in [-0.2, -0.15) is 0 Å². The molecule has 1 fully saturated rings. The van der Waals surface area contributed by atoms with E-state index in [4.69, 9.17) is 9.47 Å². The zero-order valence-electron chi connectivity index (χ0n) is 19.5. The molecule has 176 valence electrons. The maximum atomic E-state index is 13.2. The van der Waals surface area contributed by atoms with Crippen LogP contribution in [0.4, 0.5) is 5.69 Å². The zero-order chi connectivity index (χ0) is 24.6. The Morgan fingerprint density at radius 3 is 2.12 bits per heavy atom. The Bertz CT molecular complexity index is 923. The average Bonchev–Trinajstić information content (AvgIpc) is 2.56. The molecule has 1 aliphatic rings. The first-order valence-electron chi connectivity index (χ1n) is 10.4. The summed E-state index contributed by atoms with van der Waals surface area (Å²) in [4.78, 5) is 50.1. The molecule has 1 aromatic carbocycles. The van der Waals surface area contributed by atoms with E-state index in [1.54, 1.807) is 41.5 Å². The number of non-ortho nitro benzene ring substituents is 1. The Morgan fingerprint density at radius 2 is 1.62 bits per heavy atom. The van der Waals surface area contributed by atoms with Crippen molar-refractivity contribution in [1.29, 1.82) is 0 Å². The Morgan fingerprint density at radius 1 is 1.09 bits per heavy atom. The molecule has 0 saturated heterocycles. The Labute approximate surface area is 187 Å². The maximum absolute atomic E-state index is 13.2. The molecule has 9 nitrogen and oxygen atoms in total. The Balaban J connectivity index is 2.70. The van der Waals surface area contributed by atoms with Gasteiger partial charge in [-0.15, -0.1) is 0 Å². The van der Waals surface area contributed by atoms with Gasteiger partial charge in [-0.1, -0.05) is 12.1 Å². The summed E-state index contributed by atoms with van der Waals surface area (Å²) < 4.78 is 11.0. The van der Waals surface area contributed by atoms with Crippen molar-refractivity contribution in [3.63, 3.8) is 0 Å². The molecule has 0 heterocycles. The number of benzene rings is 1. The summed E-state index contributed by atoms with van der Waals surface area (Å²) in [5, 5.41) is 22.4. The molecule has 0 radical (unpaired) electrons. The highest BCUT2D eigenvalue weighted by Crippen LogP contribution is 2.47. The highest BCUT2D eigenvalue weighted by atomic mass is 16.6. The summed E-state index contributed by atoms with van der Waals surface area (Å²) in [6.07, 6.45) is -0.466. The van der Waals surface area contributed by atoms with Crippen molar-refractivity contribution in [3.8, 4) is 0 Å². The van der Waals surface area contributed by atoms with Crippen molar-refractivity contribution >= 4 is 23.4 Å². The lowest BCUT2D eigenvalue weighted by Crippen LogP contribution is -2.56. The largest absolute Gasteiger partial charge is 0.460 e. The topological polar surface area (TPSA) is 133 Å². The van der Waals surface area contributed by atoms with Gasteiger partial charge in [0, 0.05) is 24.5 Å². The number of hydrogen-bond acceptors (Lipinski definition) is 8. The van der Waals surface area contributed by atoms with Crippen LogP contribution < -0.4 is 0 Å². The molecule has 32 heavy (non-hydrogen) atoms. The number of nitrogens with zero attached hydrogens (tertiary/aromatic N) is 1. The summed E-state index contributed by atoms with van der Waals surface area (Å²) >= 11 is 0. The number of ketones is 1. The first kappa shape index (κ1) is 25.5. The second kappa shape index (κ2) is 8.61. The van der Waals surface area contributed by atoms with Crippen LogP contribution in [0.1, 0.15) is 66.4 Å². The number of nitro benzene ring substituents is 1. The molecule has 0 bridgehead atoms. The minimum Gasteiger partial charge on any atom is -0.460 e. The lowest BCUT2D eigenvalue weighted by Gasteiger charge is -2.44. The molecular formula is C23H31NO8. The first-order valence-corrected chi connectivity index (χ1v) is 10.4. The number of aliphatic hydroxyl groups is 1. The number of hydrogen-bond donors (Lipinski definition) is 1. The maximum Gasteiger partial charge on any atom is 0.317 e. The third-order valence-electron chi connectivity index (χ3n) is 5.05. The predicted molar refractivity (Wildman–Crippen MR) is 115 cm³/mol. The lowest BCUT2D eigenvalue weighted by atomic mass is 9.61. The fourth-order valence-electron chi connectivity index (χ4n) is 3.99. The van der Waals surface area contributed by atoms with E-state index in [0.29, 0.717) is 0 Å².